The van der Waals surface area contributed by atoms with Gasteiger partial charge in [-0.3, -0.25) is 4.90 Å². The number of rotatable bonds is 4. The van der Waals surface area contributed by atoms with E-state index in [4.69, 9.17) is 0 Å². The molecule has 0 amide bonds. The second-order valence-corrected chi connectivity index (χ2v) is 5.79. The smallest absolute Gasteiger partial charge is 0.128 e. The first kappa shape index (κ1) is 14.1. The van der Waals surface area contributed by atoms with Gasteiger partial charge in [-0.1, -0.05) is 43.3 Å². The SMILES string of the molecule is CC(CN1CCN(c2ccccn2)CC1)c1ccccc1. The lowest BCUT2D eigenvalue weighted by atomic mass is 10.0. The minimum absolute atomic E-state index is 0.590. The summed E-state index contributed by atoms with van der Waals surface area (Å²) in [6, 6.07) is 16.9. The number of piperazine rings is 1. The van der Waals surface area contributed by atoms with Crippen molar-refractivity contribution in [3.8, 4) is 0 Å². The Labute approximate surface area is 127 Å². The maximum atomic E-state index is 4.44. The van der Waals surface area contributed by atoms with Crippen LogP contribution in [-0.2, 0) is 0 Å². The molecule has 110 valence electrons. The highest BCUT2D eigenvalue weighted by Gasteiger charge is 2.19. The molecule has 2 heterocycles. The van der Waals surface area contributed by atoms with E-state index in [1.165, 1.54) is 5.56 Å². The molecule has 0 radical (unpaired) electrons. The second kappa shape index (κ2) is 6.72. The van der Waals surface area contributed by atoms with Crippen molar-refractivity contribution in [1.29, 1.82) is 0 Å². The van der Waals surface area contributed by atoms with Crippen LogP contribution in [0.4, 0.5) is 5.82 Å². The van der Waals surface area contributed by atoms with Gasteiger partial charge in [0.2, 0.25) is 0 Å². The number of aromatic nitrogens is 1. The molecule has 1 aliphatic rings. The van der Waals surface area contributed by atoms with Gasteiger partial charge < -0.3 is 4.90 Å². The summed E-state index contributed by atoms with van der Waals surface area (Å²) in [6.45, 7) is 7.83. The molecule has 3 nitrogen and oxygen atoms in total. The van der Waals surface area contributed by atoms with Crippen molar-refractivity contribution in [3.63, 3.8) is 0 Å². The lowest BCUT2D eigenvalue weighted by Gasteiger charge is -2.36. The topological polar surface area (TPSA) is 19.4 Å². The van der Waals surface area contributed by atoms with Gasteiger partial charge in [-0.15, -0.1) is 0 Å². The Morgan fingerprint density at radius 3 is 2.33 bits per heavy atom. The molecule has 1 saturated heterocycles. The Balaban J connectivity index is 1.52. The van der Waals surface area contributed by atoms with Gasteiger partial charge in [0.25, 0.3) is 0 Å². The summed E-state index contributed by atoms with van der Waals surface area (Å²) in [6.07, 6.45) is 1.87. The average molecular weight is 281 g/mol. The maximum Gasteiger partial charge on any atom is 0.128 e. The van der Waals surface area contributed by atoms with Crippen LogP contribution >= 0.6 is 0 Å². The van der Waals surface area contributed by atoms with E-state index in [9.17, 15) is 0 Å². The van der Waals surface area contributed by atoms with Crippen molar-refractivity contribution in [3.05, 3.63) is 60.3 Å². The van der Waals surface area contributed by atoms with E-state index in [0.29, 0.717) is 5.92 Å². The van der Waals surface area contributed by atoms with Crippen LogP contribution in [0.5, 0.6) is 0 Å². The summed E-state index contributed by atoms with van der Waals surface area (Å²) in [4.78, 5) is 9.39. The number of hydrogen-bond donors (Lipinski definition) is 0. The van der Waals surface area contributed by atoms with Crippen LogP contribution in [0.1, 0.15) is 18.4 Å². The Hall–Kier alpha value is -1.87. The van der Waals surface area contributed by atoms with Gasteiger partial charge in [0, 0.05) is 38.9 Å². The monoisotopic (exact) mass is 281 g/mol. The third-order valence-corrected chi connectivity index (χ3v) is 4.25. The zero-order valence-electron chi connectivity index (χ0n) is 12.7. The van der Waals surface area contributed by atoms with Gasteiger partial charge in [0.15, 0.2) is 0 Å². The van der Waals surface area contributed by atoms with Gasteiger partial charge in [-0.2, -0.15) is 0 Å². The molecule has 3 rings (SSSR count). The summed E-state index contributed by atoms with van der Waals surface area (Å²) in [5, 5.41) is 0. The summed E-state index contributed by atoms with van der Waals surface area (Å²) in [7, 11) is 0. The first-order chi connectivity index (χ1) is 10.3. The molecule has 1 aromatic carbocycles. The molecule has 0 N–H and O–H groups in total. The van der Waals surface area contributed by atoms with E-state index >= 15 is 0 Å². The summed E-state index contributed by atoms with van der Waals surface area (Å²) in [5.41, 5.74) is 1.43. The van der Waals surface area contributed by atoms with Crippen molar-refractivity contribution >= 4 is 5.82 Å². The zero-order valence-corrected chi connectivity index (χ0v) is 12.7. The number of anilines is 1. The Bertz CT molecular complexity index is 533. The molecule has 1 unspecified atom stereocenters. The first-order valence-electron chi connectivity index (χ1n) is 7.76. The number of pyridine rings is 1. The zero-order chi connectivity index (χ0) is 14.5. The molecule has 1 fully saturated rings. The van der Waals surface area contributed by atoms with Crippen LogP contribution in [-0.4, -0.2) is 42.6 Å². The van der Waals surface area contributed by atoms with E-state index in [1.807, 2.05) is 12.3 Å². The number of hydrogen-bond acceptors (Lipinski definition) is 3. The quantitative estimate of drug-likeness (QED) is 0.859. The Kier molecular flexibility index (Phi) is 4.51. The molecule has 21 heavy (non-hydrogen) atoms. The van der Waals surface area contributed by atoms with Crippen molar-refractivity contribution in [1.82, 2.24) is 9.88 Å². The summed E-state index contributed by atoms with van der Waals surface area (Å²) < 4.78 is 0. The summed E-state index contributed by atoms with van der Waals surface area (Å²) in [5.74, 6) is 1.70. The molecule has 0 aliphatic carbocycles. The van der Waals surface area contributed by atoms with Crippen LogP contribution < -0.4 is 4.90 Å². The van der Waals surface area contributed by atoms with Crippen LogP contribution in [0.2, 0.25) is 0 Å². The fraction of sp³-hybridized carbons (Fsp3) is 0.389. The average Bonchev–Trinajstić information content (AvgIpc) is 2.57. The van der Waals surface area contributed by atoms with Crippen LogP contribution in [0.15, 0.2) is 54.7 Å². The fourth-order valence-corrected chi connectivity index (χ4v) is 2.97. The third-order valence-electron chi connectivity index (χ3n) is 4.25. The predicted molar refractivity (Wildman–Crippen MR) is 87.7 cm³/mol. The molecule has 0 saturated carbocycles. The number of benzene rings is 1. The number of nitrogens with zero attached hydrogens (tertiary/aromatic N) is 3. The van der Waals surface area contributed by atoms with Gasteiger partial charge in [0.1, 0.15) is 5.82 Å². The van der Waals surface area contributed by atoms with E-state index in [1.54, 1.807) is 0 Å². The standard InChI is InChI=1S/C18H23N3/c1-16(17-7-3-2-4-8-17)15-20-11-13-21(14-12-20)18-9-5-6-10-19-18/h2-10,16H,11-15H2,1H3. The van der Waals surface area contributed by atoms with E-state index < -0.39 is 0 Å². The molecular formula is C18H23N3. The molecule has 3 heteroatoms. The maximum absolute atomic E-state index is 4.44. The highest BCUT2D eigenvalue weighted by molar-refractivity contribution is 5.38. The van der Waals surface area contributed by atoms with Gasteiger partial charge in [-0.05, 0) is 23.6 Å². The van der Waals surface area contributed by atoms with Crippen LogP contribution in [0.25, 0.3) is 0 Å². The van der Waals surface area contributed by atoms with Crippen LogP contribution in [0.3, 0.4) is 0 Å². The Morgan fingerprint density at radius 2 is 1.67 bits per heavy atom. The molecule has 0 spiro atoms. The van der Waals surface area contributed by atoms with Gasteiger partial charge in [-0.25, -0.2) is 4.98 Å². The summed E-state index contributed by atoms with van der Waals surface area (Å²) >= 11 is 0. The minimum atomic E-state index is 0.590. The van der Waals surface area contributed by atoms with Gasteiger partial charge in [0.05, 0.1) is 0 Å². The third kappa shape index (κ3) is 3.61. The Morgan fingerprint density at radius 1 is 0.952 bits per heavy atom. The molecule has 0 bridgehead atoms. The molecule has 2 aromatic rings. The van der Waals surface area contributed by atoms with Crippen molar-refractivity contribution in [2.24, 2.45) is 0 Å². The van der Waals surface area contributed by atoms with Crippen molar-refractivity contribution < 1.29 is 0 Å². The lowest BCUT2D eigenvalue weighted by Crippen LogP contribution is -2.47. The molecular weight excluding hydrogens is 258 g/mol. The first-order valence-corrected chi connectivity index (χ1v) is 7.76. The van der Waals surface area contributed by atoms with Crippen molar-refractivity contribution in [2.75, 3.05) is 37.6 Å². The van der Waals surface area contributed by atoms with E-state index in [-0.39, 0.29) is 0 Å². The fourth-order valence-electron chi connectivity index (χ4n) is 2.97. The van der Waals surface area contributed by atoms with Gasteiger partial charge >= 0.3 is 0 Å². The van der Waals surface area contributed by atoms with E-state index in [2.05, 4.69) is 64.2 Å². The normalized spacial score (nSPS) is 17.7. The molecule has 1 aromatic heterocycles. The van der Waals surface area contributed by atoms with Crippen LogP contribution in [0, 0.1) is 0 Å². The largest absolute Gasteiger partial charge is 0.354 e. The van der Waals surface area contributed by atoms with E-state index in [0.717, 1.165) is 38.5 Å². The predicted octanol–water partition coefficient (Wildman–Crippen LogP) is 3.01. The minimum Gasteiger partial charge on any atom is -0.354 e. The highest BCUT2D eigenvalue weighted by Crippen LogP contribution is 2.18. The highest BCUT2D eigenvalue weighted by atomic mass is 15.3. The molecule has 1 aliphatic heterocycles. The van der Waals surface area contributed by atoms with Crippen molar-refractivity contribution in [2.45, 2.75) is 12.8 Å². The lowest BCUT2D eigenvalue weighted by molar-refractivity contribution is 0.245. The second-order valence-electron chi connectivity index (χ2n) is 5.79. The molecule has 1 atom stereocenters.